The molecule has 0 spiro atoms. The van der Waals surface area contributed by atoms with E-state index in [0.717, 1.165) is 38.5 Å². The first-order valence-corrected chi connectivity index (χ1v) is 8.99. The van der Waals surface area contributed by atoms with Gasteiger partial charge in [0.05, 0.1) is 5.97 Å². The molecule has 0 radical (unpaired) electrons. The van der Waals surface area contributed by atoms with Crippen LogP contribution in [0, 0.1) is 0 Å². The molecule has 0 heterocycles. The number of rotatable bonds is 13. The predicted molar refractivity (Wildman–Crippen MR) is 76.1 cm³/mol. The van der Waals surface area contributed by atoms with Gasteiger partial charge in [-0.2, -0.15) is 8.42 Å². The summed E-state index contributed by atoms with van der Waals surface area (Å²) in [4.78, 5) is 21.7. The second-order valence-corrected chi connectivity index (χ2v) is 7.26. The van der Waals surface area contributed by atoms with Crippen LogP contribution in [0.25, 0.3) is 0 Å². The molecular weight excluding hydrogens is 358 g/mol. The van der Waals surface area contributed by atoms with Gasteiger partial charge in [0, 0.05) is 12.4 Å². The van der Waals surface area contributed by atoms with Crippen LogP contribution in [0.3, 0.4) is 0 Å². The largest absolute Gasteiger partial charge is 1.00 e. The van der Waals surface area contributed by atoms with Crippen molar-refractivity contribution in [3.63, 3.8) is 0 Å². The number of hydrogen-bond donors (Lipinski definition) is 1. The maximum absolute atomic E-state index is 11.3. The van der Waals surface area contributed by atoms with Gasteiger partial charge in [-0.15, -0.1) is 0 Å². The van der Waals surface area contributed by atoms with E-state index >= 15 is 0 Å². The van der Waals surface area contributed by atoms with Gasteiger partial charge in [-0.1, -0.05) is 58.3 Å². The zero-order valence-corrected chi connectivity index (χ0v) is 19.7. The summed E-state index contributed by atoms with van der Waals surface area (Å²) >= 11 is 0. The summed E-state index contributed by atoms with van der Waals surface area (Å²) < 4.78 is 28.9. The zero-order chi connectivity index (χ0) is 17.2. The maximum atomic E-state index is 11.3. The Morgan fingerprint density at radius 1 is 0.917 bits per heavy atom. The number of carbonyl (C=O) groups excluding carboxylic acids is 2. The summed E-state index contributed by atoms with van der Waals surface area (Å²) in [6.45, 7) is 2.10. The second kappa shape index (κ2) is 15.0. The summed E-state index contributed by atoms with van der Waals surface area (Å²) in [7, 11) is -5.11. The minimum absolute atomic E-state index is 0. The van der Waals surface area contributed by atoms with Crippen molar-refractivity contribution in [2.75, 3.05) is 0 Å². The van der Waals surface area contributed by atoms with Gasteiger partial charge in [-0.05, 0) is 6.42 Å². The molecule has 1 N–H and O–H groups in total. The molecule has 1 unspecified atom stereocenters. The fourth-order valence-corrected chi connectivity index (χ4v) is 3.28. The average molecular weight is 382 g/mol. The van der Waals surface area contributed by atoms with E-state index in [0.29, 0.717) is 6.42 Å². The van der Waals surface area contributed by atoms with Gasteiger partial charge < -0.3 is 19.8 Å². The van der Waals surface area contributed by atoms with Crippen LogP contribution in [-0.2, 0) is 19.7 Å². The van der Waals surface area contributed by atoms with Crippen LogP contribution < -0.4 is 69.3 Å². The smallest absolute Gasteiger partial charge is 0.550 e. The Kier molecular flexibility index (Phi) is 18.5. The van der Waals surface area contributed by atoms with Crippen LogP contribution >= 0.6 is 0 Å². The number of aliphatic carboxylic acids is 2. The predicted octanol–water partition coefficient (Wildman–Crippen LogP) is -5.96. The van der Waals surface area contributed by atoms with Crippen LogP contribution in [0.1, 0.15) is 71.1 Å². The molecule has 1 atom stereocenters. The van der Waals surface area contributed by atoms with Crippen LogP contribution in [0.5, 0.6) is 0 Å². The molecule has 10 heteroatoms. The van der Waals surface area contributed by atoms with Crippen molar-refractivity contribution >= 4 is 22.1 Å². The topological polar surface area (TPSA) is 135 Å². The minimum Gasteiger partial charge on any atom is -0.550 e. The van der Waals surface area contributed by atoms with E-state index in [2.05, 4.69) is 6.92 Å². The molecule has 0 saturated carbocycles. The Labute approximate surface area is 188 Å². The molecule has 0 aliphatic rings. The molecule has 24 heavy (non-hydrogen) atoms. The van der Waals surface area contributed by atoms with Gasteiger partial charge >= 0.3 is 59.1 Å². The molecule has 0 aromatic heterocycles. The van der Waals surface area contributed by atoms with Crippen LogP contribution in [0.4, 0.5) is 0 Å². The molecule has 0 aromatic carbocycles. The molecule has 0 aromatic rings. The van der Waals surface area contributed by atoms with Gasteiger partial charge in [-0.25, -0.2) is 0 Å². The van der Waals surface area contributed by atoms with Crippen molar-refractivity contribution in [2.45, 2.75) is 75.9 Å². The molecule has 7 nitrogen and oxygen atoms in total. The molecule has 130 valence electrons. The molecular formula is C14H24Na2O7S. The molecule has 0 bridgehead atoms. The van der Waals surface area contributed by atoms with E-state index in [4.69, 9.17) is 4.55 Å². The van der Waals surface area contributed by atoms with Crippen molar-refractivity contribution in [3.8, 4) is 0 Å². The van der Waals surface area contributed by atoms with Crippen molar-refractivity contribution < 1.29 is 91.9 Å². The fraction of sp³-hybridized carbons (Fsp3) is 0.857. The van der Waals surface area contributed by atoms with Crippen LogP contribution in [0.2, 0.25) is 0 Å². The number of unbranched alkanes of at least 4 members (excludes halogenated alkanes) is 7. The van der Waals surface area contributed by atoms with E-state index in [1.165, 1.54) is 0 Å². The molecule has 0 amide bonds. The summed E-state index contributed by atoms with van der Waals surface area (Å²) in [6, 6.07) is 0. The standard InChI is InChI=1S/C14H26O7S.2Na/c1-2-3-4-5-6-7-8-9-10-14(13(17)18,11-12(15)16)22(19,20)21;;/h2-11H2,1H3,(H,15,16)(H,17,18)(H,19,20,21);;/q;2*+1/p-2. The van der Waals surface area contributed by atoms with Gasteiger partial charge in [0.2, 0.25) is 0 Å². The SMILES string of the molecule is CCCCCCCCCCC(CC(=O)[O-])(C(=O)[O-])S(=O)(=O)O.[Na+].[Na+]. The number of carboxylic acid groups (broad SMARTS) is 2. The first-order chi connectivity index (χ1) is 10.2. The zero-order valence-electron chi connectivity index (χ0n) is 14.9. The third-order valence-corrected chi connectivity index (χ3v) is 5.23. The first kappa shape index (κ1) is 29.6. The van der Waals surface area contributed by atoms with Crippen molar-refractivity contribution in [1.29, 1.82) is 0 Å². The van der Waals surface area contributed by atoms with Crippen LogP contribution in [0.15, 0.2) is 0 Å². The van der Waals surface area contributed by atoms with E-state index in [1.54, 1.807) is 0 Å². The summed E-state index contributed by atoms with van der Waals surface area (Å²) in [5.41, 5.74) is 0. The van der Waals surface area contributed by atoms with E-state index in [-0.39, 0.29) is 65.5 Å². The Balaban J connectivity index is -0.00000220. The molecule has 0 aliphatic heterocycles. The number of carbonyl (C=O) groups is 2. The molecule has 0 saturated heterocycles. The molecule has 0 aliphatic carbocycles. The van der Waals surface area contributed by atoms with E-state index < -0.39 is 39.6 Å². The van der Waals surface area contributed by atoms with Gasteiger partial charge in [0.25, 0.3) is 10.1 Å². The molecule has 0 rings (SSSR count). The summed E-state index contributed by atoms with van der Waals surface area (Å²) in [6.07, 6.45) is 5.12. The monoisotopic (exact) mass is 382 g/mol. The van der Waals surface area contributed by atoms with E-state index in [1.807, 2.05) is 0 Å². The third-order valence-electron chi connectivity index (χ3n) is 3.73. The Bertz CT molecular complexity index is 468. The number of hydrogen-bond acceptors (Lipinski definition) is 6. The van der Waals surface area contributed by atoms with Gasteiger partial charge in [-0.3, -0.25) is 4.55 Å². The average Bonchev–Trinajstić information content (AvgIpc) is 2.38. The fourth-order valence-electron chi connectivity index (χ4n) is 2.37. The van der Waals surface area contributed by atoms with Crippen molar-refractivity contribution in [1.82, 2.24) is 0 Å². The molecule has 0 fully saturated rings. The quantitative estimate of drug-likeness (QED) is 0.190. The van der Waals surface area contributed by atoms with Crippen molar-refractivity contribution in [3.05, 3.63) is 0 Å². The maximum Gasteiger partial charge on any atom is 1.00 e. The van der Waals surface area contributed by atoms with Crippen LogP contribution in [-0.4, -0.2) is 29.7 Å². The van der Waals surface area contributed by atoms with E-state index in [9.17, 15) is 28.2 Å². The minimum atomic E-state index is -5.11. The second-order valence-electron chi connectivity index (χ2n) is 5.53. The number of carboxylic acids is 2. The summed E-state index contributed by atoms with van der Waals surface area (Å²) in [5, 5.41) is 21.7. The Morgan fingerprint density at radius 2 is 1.33 bits per heavy atom. The Hall–Kier alpha value is 0.850. The van der Waals surface area contributed by atoms with Gasteiger partial charge in [0.15, 0.2) is 0 Å². The normalized spacial score (nSPS) is 13.2. The van der Waals surface area contributed by atoms with Gasteiger partial charge in [0.1, 0.15) is 4.75 Å². The third kappa shape index (κ3) is 10.8. The Morgan fingerprint density at radius 3 is 1.67 bits per heavy atom. The van der Waals surface area contributed by atoms with Crippen molar-refractivity contribution in [2.24, 2.45) is 0 Å². The summed E-state index contributed by atoms with van der Waals surface area (Å²) in [5.74, 6) is -3.97. The first-order valence-electron chi connectivity index (χ1n) is 7.55.